The Balaban J connectivity index is 2.11. The molecule has 0 saturated carbocycles. The summed E-state index contributed by atoms with van der Waals surface area (Å²) < 4.78 is 0. The fourth-order valence-corrected chi connectivity index (χ4v) is 1.65. The summed E-state index contributed by atoms with van der Waals surface area (Å²) in [7, 11) is 0. The molecular formula is C13H18N4. The summed E-state index contributed by atoms with van der Waals surface area (Å²) in [6.45, 7) is 5.10. The van der Waals surface area contributed by atoms with E-state index in [1.807, 2.05) is 19.1 Å². The number of benzene rings is 1. The highest BCUT2D eigenvalue weighted by Crippen LogP contribution is 2.19. The highest BCUT2D eigenvalue weighted by Gasteiger charge is 2.03. The summed E-state index contributed by atoms with van der Waals surface area (Å²) in [6, 6.07) is 8.19. The van der Waals surface area contributed by atoms with E-state index in [0.717, 1.165) is 29.4 Å². The number of unbranched alkanes of at least 4 members (excludes halogenated alkanes) is 1. The van der Waals surface area contributed by atoms with Crippen molar-refractivity contribution in [3.63, 3.8) is 0 Å². The number of hydrogen-bond donors (Lipinski definition) is 2. The van der Waals surface area contributed by atoms with Crippen molar-refractivity contribution in [1.29, 1.82) is 0 Å². The van der Waals surface area contributed by atoms with Crippen LogP contribution in [-0.2, 0) is 0 Å². The molecule has 1 aromatic carbocycles. The van der Waals surface area contributed by atoms with Crippen LogP contribution in [0.3, 0.4) is 0 Å². The van der Waals surface area contributed by atoms with Crippen molar-refractivity contribution >= 4 is 5.69 Å². The fourth-order valence-electron chi connectivity index (χ4n) is 1.65. The molecule has 1 heterocycles. The lowest BCUT2D eigenvalue weighted by Gasteiger charge is -2.06. The van der Waals surface area contributed by atoms with E-state index in [-0.39, 0.29) is 0 Å². The van der Waals surface area contributed by atoms with Gasteiger partial charge in [-0.2, -0.15) is 5.10 Å². The van der Waals surface area contributed by atoms with Crippen molar-refractivity contribution in [2.75, 3.05) is 11.9 Å². The fraction of sp³-hybridized carbons (Fsp3) is 0.385. The molecule has 0 atom stereocenters. The van der Waals surface area contributed by atoms with E-state index in [4.69, 9.17) is 0 Å². The zero-order valence-electron chi connectivity index (χ0n) is 10.3. The monoisotopic (exact) mass is 230 g/mol. The molecule has 2 aromatic rings. The Labute approximate surface area is 101 Å². The van der Waals surface area contributed by atoms with Crippen molar-refractivity contribution in [2.45, 2.75) is 26.7 Å². The molecule has 90 valence electrons. The highest BCUT2D eigenvalue weighted by molar-refractivity contribution is 5.62. The maximum Gasteiger partial charge on any atom is 0.181 e. The SMILES string of the molecule is CCCCNc1cccc(-c2n[nH]c(C)n2)c1. The minimum Gasteiger partial charge on any atom is -0.385 e. The maximum atomic E-state index is 4.32. The Kier molecular flexibility index (Phi) is 3.75. The van der Waals surface area contributed by atoms with E-state index in [1.165, 1.54) is 12.8 Å². The Bertz CT molecular complexity index is 476. The molecule has 2 N–H and O–H groups in total. The average molecular weight is 230 g/mol. The third-order valence-electron chi connectivity index (χ3n) is 2.58. The first-order chi connectivity index (χ1) is 8.29. The van der Waals surface area contributed by atoms with Crippen molar-refractivity contribution in [3.8, 4) is 11.4 Å². The lowest BCUT2D eigenvalue weighted by molar-refractivity contribution is 0.834. The van der Waals surface area contributed by atoms with Crippen molar-refractivity contribution in [1.82, 2.24) is 15.2 Å². The van der Waals surface area contributed by atoms with Crippen LogP contribution < -0.4 is 5.32 Å². The number of aromatic nitrogens is 3. The number of nitrogens with zero attached hydrogens (tertiary/aromatic N) is 2. The molecule has 0 radical (unpaired) electrons. The smallest absolute Gasteiger partial charge is 0.181 e. The minimum absolute atomic E-state index is 0.752. The van der Waals surface area contributed by atoms with Crippen molar-refractivity contribution in [2.24, 2.45) is 0 Å². The second kappa shape index (κ2) is 5.48. The largest absolute Gasteiger partial charge is 0.385 e. The van der Waals surface area contributed by atoms with Gasteiger partial charge < -0.3 is 5.32 Å². The molecule has 0 spiro atoms. The molecule has 4 heteroatoms. The van der Waals surface area contributed by atoms with Gasteiger partial charge in [-0.25, -0.2) is 4.98 Å². The molecule has 1 aromatic heterocycles. The number of nitrogens with one attached hydrogen (secondary N) is 2. The number of rotatable bonds is 5. The third-order valence-corrected chi connectivity index (χ3v) is 2.58. The van der Waals surface area contributed by atoms with E-state index in [2.05, 4.69) is 39.6 Å². The number of hydrogen-bond acceptors (Lipinski definition) is 3. The Morgan fingerprint density at radius 1 is 1.35 bits per heavy atom. The highest BCUT2D eigenvalue weighted by atomic mass is 15.2. The Hall–Kier alpha value is -1.84. The summed E-state index contributed by atoms with van der Waals surface area (Å²) in [5.41, 5.74) is 2.16. The maximum absolute atomic E-state index is 4.32. The summed E-state index contributed by atoms with van der Waals surface area (Å²) in [5, 5.41) is 10.4. The van der Waals surface area contributed by atoms with Crippen LogP contribution in [0.5, 0.6) is 0 Å². The first-order valence-electron chi connectivity index (χ1n) is 6.03. The van der Waals surface area contributed by atoms with E-state index in [9.17, 15) is 0 Å². The Morgan fingerprint density at radius 2 is 2.24 bits per heavy atom. The van der Waals surface area contributed by atoms with Gasteiger partial charge in [0.25, 0.3) is 0 Å². The van der Waals surface area contributed by atoms with Gasteiger partial charge in [-0.15, -0.1) is 0 Å². The number of anilines is 1. The third kappa shape index (κ3) is 3.06. The number of aryl methyl sites for hydroxylation is 1. The van der Waals surface area contributed by atoms with E-state index >= 15 is 0 Å². The molecule has 2 rings (SSSR count). The predicted molar refractivity (Wildman–Crippen MR) is 70.0 cm³/mol. The van der Waals surface area contributed by atoms with Gasteiger partial charge in [0.05, 0.1) is 0 Å². The normalized spacial score (nSPS) is 10.5. The molecule has 0 aliphatic rings. The molecular weight excluding hydrogens is 212 g/mol. The van der Waals surface area contributed by atoms with Crippen LogP contribution in [0.15, 0.2) is 24.3 Å². The lowest BCUT2D eigenvalue weighted by Crippen LogP contribution is -2.00. The minimum atomic E-state index is 0.752. The van der Waals surface area contributed by atoms with Crippen LogP contribution in [-0.4, -0.2) is 21.7 Å². The van der Waals surface area contributed by atoms with Crippen molar-refractivity contribution in [3.05, 3.63) is 30.1 Å². The molecule has 0 fully saturated rings. The van der Waals surface area contributed by atoms with E-state index in [0.29, 0.717) is 0 Å². The van der Waals surface area contributed by atoms with Crippen LogP contribution in [0.2, 0.25) is 0 Å². The number of H-pyrrole nitrogens is 1. The summed E-state index contributed by atoms with van der Waals surface area (Å²) in [4.78, 5) is 4.32. The van der Waals surface area contributed by atoms with Gasteiger partial charge in [0.2, 0.25) is 0 Å². The quantitative estimate of drug-likeness (QED) is 0.776. The van der Waals surface area contributed by atoms with Crippen LogP contribution in [0, 0.1) is 6.92 Å². The number of aromatic amines is 1. The van der Waals surface area contributed by atoms with Crippen molar-refractivity contribution < 1.29 is 0 Å². The van der Waals surface area contributed by atoms with Gasteiger partial charge in [0, 0.05) is 17.8 Å². The van der Waals surface area contributed by atoms with Gasteiger partial charge in [0.15, 0.2) is 5.82 Å². The molecule has 0 aliphatic carbocycles. The van der Waals surface area contributed by atoms with E-state index in [1.54, 1.807) is 0 Å². The van der Waals surface area contributed by atoms with Gasteiger partial charge in [0.1, 0.15) is 5.82 Å². The van der Waals surface area contributed by atoms with E-state index < -0.39 is 0 Å². The van der Waals surface area contributed by atoms with Crippen LogP contribution in [0.1, 0.15) is 25.6 Å². The molecule has 0 bridgehead atoms. The summed E-state index contributed by atoms with van der Waals surface area (Å²) >= 11 is 0. The second-order valence-electron chi connectivity index (χ2n) is 4.11. The summed E-state index contributed by atoms with van der Waals surface area (Å²) in [6.07, 6.45) is 2.39. The standard InChI is InChI=1S/C13H18N4/c1-3-4-8-14-12-7-5-6-11(9-12)13-15-10(2)16-17-13/h5-7,9,14H,3-4,8H2,1-2H3,(H,15,16,17). The van der Waals surface area contributed by atoms with Crippen LogP contribution in [0.4, 0.5) is 5.69 Å². The zero-order chi connectivity index (χ0) is 12.1. The Morgan fingerprint density at radius 3 is 2.94 bits per heavy atom. The first kappa shape index (κ1) is 11.6. The first-order valence-corrected chi connectivity index (χ1v) is 6.03. The molecule has 4 nitrogen and oxygen atoms in total. The van der Waals surface area contributed by atoms with Crippen LogP contribution >= 0.6 is 0 Å². The predicted octanol–water partition coefficient (Wildman–Crippen LogP) is 2.99. The second-order valence-corrected chi connectivity index (χ2v) is 4.11. The molecule has 0 unspecified atom stereocenters. The van der Waals surface area contributed by atoms with Gasteiger partial charge in [-0.05, 0) is 25.5 Å². The lowest BCUT2D eigenvalue weighted by atomic mass is 10.2. The van der Waals surface area contributed by atoms with Gasteiger partial charge >= 0.3 is 0 Å². The van der Waals surface area contributed by atoms with Gasteiger partial charge in [-0.1, -0.05) is 25.5 Å². The zero-order valence-corrected chi connectivity index (χ0v) is 10.3. The summed E-state index contributed by atoms with van der Waals surface area (Å²) in [5.74, 6) is 1.59. The van der Waals surface area contributed by atoms with Gasteiger partial charge in [-0.3, -0.25) is 5.10 Å². The van der Waals surface area contributed by atoms with Crippen LogP contribution in [0.25, 0.3) is 11.4 Å². The average Bonchev–Trinajstić information content (AvgIpc) is 2.77. The topological polar surface area (TPSA) is 53.6 Å². The molecule has 0 aliphatic heterocycles. The molecule has 17 heavy (non-hydrogen) atoms. The molecule has 0 saturated heterocycles. The molecule has 0 amide bonds.